The molecule has 5 heteroatoms. The van der Waals surface area contributed by atoms with Gasteiger partial charge < -0.3 is 4.74 Å². The van der Waals surface area contributed by atoms with Crippen LogP contribution in [0.4, 0.5) is 4.79 Å². The number of allylic oxidation sites excluding steroid dienone is 1. The number of hydrogen-bond donors (Lipinski definition) is 0. The van der Waals surface area contributed by atoms with Gasteiger partial charge in [-0.05, 0) is 53.5 Å². The van der Waals surface area contributed by atoms with Crippen LogP contribution in [0.3, 0.4) is 0 Å². The van der Waals surface area contributed by atoms with Crippen LogP contribution >= 0.6 is 11.6 Å². The summed E-state index contributed by atoms with van der Waals surface area (Å²) in [6.07, 6.45) is 5.65. The lowest BCUT2D eigenvalue weighted by Gasteiger charge is -2.44. The van der Waals surface area contributed by atoms with Crippen molar-refractivity contribution in [1.82, 2.24) is 4.90 Å². The molecule has 0 spiro atoms. The Bertz CT molecular complexity index is 1020. The SMILES string of the molecule is C[C@@H]1CC[C@@H](C(C)(C)c2ccccc2)[C@H](OC(=O)N2C=CC(=O)C[C@@H]2c2ccc(Cl)cc2)C1. The predicted molar refractivity (Wildman–Crippen MR) is 131 cm³/mol. The zero-order valence-electron chi connectivity index (χ0n) is 19.5. The minimum absolute atomic E-state index is 0.00613. The fourth-order valence-corrected chi connectivity index (χ4v) is 5.46. The quantitative estimate of drug-likeness (QED) is 0.484. The van der Waals surface area contributed by atoms with Crippen LogP contribution in [0.15, 0.2) is 66.9 Å². The van der Waals surface area contributed by atoms with Crippen LogP contribution in [0, 0.1) is 11.8 Å². The highest BCUT2D eigenvalue weighted by Gasteiger charge is 2.43. The number of benzene rings is 2. The van der Waals surface area contributed by atoms with E-state index in [4.69, 9.17) is 16.3 Å². The van der Waals surface area contributed by atoms with E-state index < -0.39 is 12.1 Å². The minimum Gasteiger partial charge on any atom is -0.446 e. The molecule has 2 aromatic carbocycles. The van der Waals surface area contributed by atoms with Gasteiger partial charge >= 0.3 is 6.09 Å². The van der Waals surface area contributed by atoms with Crippen LogP contribution in [0.1, 0.15) is 63.6 Å². The van der Waals surface area contributed by atoms with Crippen molar-refractivity contribution < 1.29 is 14.3 Å². The molecule has 0 unspecified atom stereocenters. The molecule has 2 aliphatic rings. The molecule has 0 saturated heterocycles. The third kappa shape index (κ3) is 5.16. The average molecular weight is 466 g/mol. The molecule has 174 valence electrons. The van der Waals surface area contributed by atoms with Crippen molar-refractivity contribution in [2.75, 3.05) is 0 Å². The van der Waals surface area contributed by atoms with E-state index in [-0.39, 0.29) is 29.6 Å². The Hall–Kier alpha value is -2.59. The third-order valence-electron chi connectivity index (χ3n) is 7.37. The molecule has 0 radical (unpaired) electrons. The molecule has 1 aliphatic heterocycles. The summed E-state index contributed by atoms with van der Waals surface area (Å²) in [4.78, 5) is 27.2. The van der Waals surface area contributed by atoms with Gasteiger partial charge in [-0.2, -0.15) is 0 Å². The predicted octanol–water partition coefficient (Wildman–Crippen LogP) is 7.09. The van der Waals surface area contributed by atoms with Crippen molar-refractivity contribution in [3.8, 4) is 0 Å². The van der Waals surface area contributed by atoms with Gasteiger partial charge in [0.1, 0.15) is 6.10 Å². The van der Waals surface area contributed by atoms with Crippen molar-refractivity contribution in [3.63, 3.8) is 0 Å². The van der Waals surface area contributed by atoms with E-state index in [0.717, 1.165) is 24.8 Å². The number of hydrogen-bond acceptors (Lipinski definition) is 3. The molecule has 4 atom stereocenters. The van der Waals surface area contributed by atoms with Gasteiger partial charge in [0.05, 0.1) is 6.04 Å². The Balaban J connectivity index is 1.58. The van der Waals surface area contributed by atoms with Gasteiger partial charge in [-0.15, -0.1) is 0 Å². The molecular weight excluding hydrogens is 434 g/mol. The van der Waals surface area contributed by atoms with Gasteiger partial charge in [0.15, 0.2) is 5.78 Å². The molecule has 1 fully saturated rings. The fourth-order valence-electron chi connectivity index (χ4n) is 5.33. The second-order valence-electron chi connectivity index (χ2n) is 10.00. The van der Waals surface area contributed by atoms with E-state index in [2.05, 4.69) is 45.0 Å². The number of ketones is 1. The second kappa shape index (κ2) is 9.72. The molecule has 2 aromatic rings. The largest absolute Gasteiger partial charge is 0.446 e. The normalized spacial score (nSPS) is 25.7. The lowest BCUT2D eigenvalue weighted by Crippen LogP contribution is -2.45. The summed E-state index contributed by atoms with van der Waals surface area (Å²) >= 11 is 6.04. The van der Waals surface area contributed by atoms with E-state index >= 15 is 0 Å². The topological polar surface area (TPSA) is 46.6 Å². The number of halogens is 1. The van der Waals surface area contributed by atoms with Crippen molar-refractivity contribution in [1.29, 1.82) is 0 Å². The van der Waals surface area contributed by atoms with Gasteiger partial charge in [0.25, 0.3) is 0 Å². The molecule has 1 aliphatic carbocycles. The lowest BCUT2D eigenvalue weighted by molar-refractivity contribution is -0.116. The Morgan fingerprint density at radius 3 is 2.45 bits per heavy atom. The van der Waals surface area contributed by atoms with E-state index in [1.54, 1.807) is 23.2 Å². The molecule has 0 aromatic heterocycles. The van der Waals surface area contributed by atoms with Crippen LogP contribution in [-0.4, -0.2) is 22.9 Å². The van der Waals surface area contributed by atoms with Crippen LogP contribution in [0.2, 0.25) is 5.02 Å². The summed E-state index contributed by atoms with van der Waals surface area (Å²) in [5.41, 5.74) is 2.00. The third-order valence-corrected chi connectivity index (χ3v) is 7.62. The van der Waals surface area contributed by atoms with Crippen molar-refractivity contribution in [3.05, 3.63) is 83.0 Å². The molecule has 4 rings (SSSR count). The van der Waals surface area contributed by atoms with Crippen molar-refractivity contribution in [2.24, 2.45) is 11.8 Å². The highest BCUT2D eigenvalue weighted by Crippen LogP contribution is 2.44. The first-order chi connectivity index (χ1) is 15.8. The standard InChI is InChI=1S/C28H32ClNO3/c1-19-9-14-24(28(2,3)21-7-5-4-6-8-21)26(17-19)33-27(32)30-16-15-23(31)18-25(30)20-10-12-22(29)13-11-20/h4-8,10-13,15-16,19,24-26H,9,14,17-18H2,1-3H3/t19-,24-,25-,26-/m1/s1. The molecular formula is C28H32ClNO3. The molecule has 0 N–H and O–H groups in total. The van der Waals surface area contributed by atoms with Crippen LogP contribution < -0.4 is 0 Å². The summed E-state index contributed by atoms with van der Waals surface area (Å²) < 4.78 is 6.23. The Kier molecular flexibility index (Phi) is 6.94. The number of nitrogens with zero attached hydrogens (tertiary/aromatic N) is 1. The molecule has 1 amide bonds. The average Bonchev–Trinajstić information content (AvgIpc) is 2.80. The minimum atomic E-state index is -0.397. The summed E-state index contributed by atoms with van der Waals surface area (Å²) in [5.74, 6) is 0.703. The van der Waals surface area contributed by atoms with E-state index in [0.29, 0.717) is 10.9 Å². The maximum atomic E-state index is 13.5. The Morgan fingerprint density at radius 1 is 1.06 bits per heavy atom. The van der Waals surface area contributed by atoms with Crippen LogP contribution in [0.25, 0.3) is 0 Å². The maximum Gasteiger partial charge on any atom is 0.414 e. The molecule has 33 heavy (non-hydrogen) atoms. The highest BCUT2D eigenvalue weighted by atomic mass is 35.5. The maximum absolute atomic E-state index is 13.5. The number of ether oxygens (including phenoxy) is 1. The first-order valence-electron chi connectivity index (χ1n) is 11.8. The monoisotopic (exact) mass is 465 g/mol. The molecule has 1 heterocycles. The van der Waals surface area contributed by atoms with Crippen LogP contribution in [-0.2, 0) is 14.9 Å². The van der Waals surface area contributed by atoms with Crippen molar-refractivity contribution >= 4 is 23.5 Å². The van der Waals surface area contributed by atoms with E-state index in [9.17, 15) is 9.59 Å². The Labute approximate surface area is 201 Å². The van der Waals surface area contributed by atoms with Gasteiger partial charge in [-0.3, -0.25) is 9.69 Å². The lowest BCUT2D eigenvalue weighted by atomic mass is 9.64. The summed E-state index contributed by atoms with van der Waals surface area (Å²) in [7, 11) is 0. The van der Waals surface area contributed by atoms with Gasteiger partial charge in [-0.1, -0.05) is 81.3 Å². The first-order valence-corrected chi connectivity index (χ1v) is 12.1. The molecule has 4 nitrogen and oxygen atoms in total. The van der Waals surface area contributed by atoms with E-state index in [1.807, 2.05) is 18.2 Å². The highest BCUT2D eigenvalue weighted by molar-refractivity contribution is 6.30. The van der Waals surface area contributed by atoms with Gasteiger partial charge in [0.2, 0.25) is 0 Å². The summed E-state index contributed by atoms with van der Waals surface area (Å²) in [6.45, 7) is 6.72. The zero-order valence-corrected chi connectivity index (χ0v) is 20.3. The second-order valence-corrected chi connectivity index (χ2v) is 10.4. The first kappa shape index (κ1) is 23.6. The van der Waals surface area contributed by atoms with Crippen LogP contribution in [0.5, 0.6) is 0 Å². The fraction of sp³-hybridized carbons (Fsp3) is 0.429. The summed E-state index contributed by atoms with van der Waals surface area (Å²) in [6, 6.07) is 17.4. The number of rotatable bonds is 4. The smallest absolute Gasteiger partial charge is 0.414 e. The Morgan fingerprint density at radius 2 is 1.76 bits per heavy atom. The summed E-state index contributed by atoms with van der Waals surface area (Å²) in [5, 5.41) is 0.618. The number of carbonyl (C=O) groups excluding carboxylic acids is 2. The van der Waals surface area contributed by atoms with Crippen molar-refractivity contribution in [2.45, 2.75) is 64.0 Å². The zero-order chi connectivity index (χ0) is 23.6. The molecule has 1 saturated carbocycles. The number of carbonyl (C=O) groups is 2. The van der Waals surface area contributed by atoms with Gasteiger partial charge in [-0.25, -0.2) is 4.79 Å². The molecule has 0 bridgehead atoms. The number of amides is 1. The van der Waals surface area contributed by atoms with E-state index in [1.165, 1.54) is 11.6 Å². The van der Waals surface area contributed by atoms with Gasteiger partial charge in [0, 0.05) is 23.6 Å².